The lowest BCUT2D eigenvalue weighted by Crippen LogP contribution is -2.58. The molecule has 4 nitrogen and oxygen atoms in total. The summed E-state index contributed by atoms with van der Waals surface area (Å²) < 4.78 is 6.54. The normalized spacial score (nSPS) is 50.9. The molecule has 4 saturated carbocycles. The van der Waals surface area contributed by atoms with Crippen LogP contribution in [0.2, 0.25) is 0 Å². The standard InChI is InChI=1S/C27H42O4/c1-15(14-28)5-8-22-16(2)25-23(31-22)12-21-19-7-6-17-11-18(29)9-10-26(17,3)20(19)13-24(30)27(21,25)4/h17-21,23-25,28-30H,1,5-14H2,2-4H3/t17-,18+,19-,20+,21+,23+,24-,25+,26+,27-/m1/s1. The third-order valence-corrected chi connectivity index (χ3v) is 10.9. The Kier molecular flexibility index (Phi) is 5.39. The monoisotopic (exact) mass is 430 g/mol. The van der Waals surface area contributed by atoms with Crippen molar-refractivity contribution < 1.29 is 20.1 Å². The van der Waals surface area contributed by atoms with Crippen LogP contribution in [0.5, 0.6) is 0 Å². The zero-order valence-electron chi connectivity index (χ0n) is 19.6. The summed E-state index contributed by atoms with van der Waals surface area (Å²) in [6, 6.07) is 0. The van der Waals surface area contributed by atoms with Crippen LogP contribution in [0, 0.1) is 40.4 Å². The van der Waals surface area contributed by atoms with Gasteiger partial charge in [-0.2, -0.15) is 0 Å². The van der Waals surface area contributed by atoms with Crippen molar-refractivity contribution in [2.24, 2.45) is 40.4 Å². The highest BCUT2D eigenvalue weighted by atomic mass is 16.5. The second-order valence-corrected chi connectivity index (χ2v) is 12.1. The van der Waals surface area contributed by atoms with Gasteiger partial charge in [-0.05, 0) is 93.0 Å². The Morgan fingerprint density at radius 1 is 1.10 bits per heavy atom. The molecule has 0 radical (unpaired) electrons. The number of rotatable bonds is 4. The molecule has 0 saturated heterocycles. The van der Waals surface area contributed by atoms with Crippen molar-refractivity contribution in [3.8, 4) is 0 Å². The first-order chi connectivity index (χ1) is 14.7. The summed E-state index contributed by atoms with van der Waals surface area (Å²) in [6.07, 6.45) is 8.79. The van der Waals surface area contributed by atoms with Crippen molar-refractivity contribution in [2.45, 2.75) is 96.9 Å². The molecule has 0 unspecified atom stereocenters. The SMILES string of the molecule is C=C(CO)CCC1=C(C)[C@H]2[C@H](C[C@H]3[C@@H]4CC[C@@H]5C[C@@H](O)CC[C@]5(C)[C@H]4C[C@@H](O)[C@@]32C)O1. The molecule has 5 rings (SSSR count). The van der Waals surface area contributed by atoms with E-state index in [0.29, 0.717) is 29.6 Å². The van der Waals surface area contributed by atoms with Crippen molar-refractivity contribution in [2.75, 3.05) is 6.61 Å². The minimum atomic E-state index is -0.290. The maximum Gasteiger partial charge on any atom is 0.106 e. The molecule has 0 spiro atoms. The predicted molar refractivity (Wildman–Crippen MR) is 121 cm³/mol. The summed E-state index contributed by atoms with van der Waals surface area (Å²) in [5, 5.41) is 31.2. The first kappa shape index (κ1) is 22.0. The van der Waals surface area contributed by atoms with E-state index in [9.17, 15) is 15.3 Å². The summed E-state index contributed by atoms with van der Waals surface area (Å²) in [6.45, 7) is 11.0. The quantitative estimate of drug-likeness (QED) is 0.571. The van der Waals surface area contributed by atoms with Crippen molar-refractivity contribution in [1.29, 1.82) is 0 Å². The maximum atomic E-state index is 11.7. The number of ether oxygens (including phenoxy) is 1. The third kappa shape index (κ3) is 3.11. The van der Waals surface area contributed by atoms with E-state index in [1.807, 2.05) is 0 Å². The van der Waals surface area contributed by atoms with E-state index in [0.717, 1.165) is 56.3 Å². The predicted octanol–water partition coefficient (Wildman–Crippen LogP) is 4.59. The fourth-order valence-corrected chi connectivity index (χ4v) is 9.13. The number of aliphatic hydroxyl groups excluding tert-OH is 3. The molecule has 10 atom stereocenters. The molecule has 1 heterocycles. The van der Waals surface area contributed by atoms with Crippen LogP contribution in [0.25, 0.3) is 0 Å². The lowest BCUT2D eigenvalue weighted by atomic mass is 9.44. The number of hydrogen-bond donors (Lipinski definition) is 3. The lowest BCUT2D eigenvalue weighted by molar-refractivity contribution is -0.168. The Morgan fingerprint density at radius 3 is 2.61 bits per heavy atom. The summed E-state index contributed by atoms with van der Waals surface area (Å²) in [5.74, 6) is 3.76. The van der Waals surface area contributed by atoms with E-state index >= 15 is 0 Å². The van der Waals surface area contributed by atoms with E-state index in [1.165, 1.54) is 18.4 Å². The summed E-state index contributed by atoms with van der Waals surface area (Å²) in [7, 11) is 0. The van der Waals surface area contributed by atoms with Gasteiger partial charge in [0.1, 0.15) is 6.10 Å². The van der Waals surface area contributed by atoms with E-state index in [1.54, 1.807) is 0 Å². The van der Waals surface area contributed by atoms with Crippen LogP contribution in [0.15, 0.2) is 23.5 Å². The number of aliphatic hydroxyl groups is 3. The van der Waals surface area contributed by atoms with Crippen molar-refractivity contribution in [3.63, 3.8) is 0 Å². The van der Waals surface area contributed by atoms with Gasteiger partial charge in [0.25, 0.3) is 0 Å². The molecular formula is C27H42O4. The largest absolute Gasteiger partial charge is 0.494 e. The average molecular weight is 431 g/mol. The van der Waals surface area contributed by atoms with Gasteiger partial charge < -0.3 is 20.1 Å². The Balaban J connectivity index is 1.41. The van der Waals surface area contributed by atoms with Crippen LogP contribution >= 0.6 is 0 Å². The fraction of sp³-hybridized carbons (Fsp3) is 0.852. The average Bonchev–Trinajstić information content (AvgIpc) is 3.22. The van der Waals surface area contributed by atoms with Crippen LogP contribution < -0.4 is 0 Å². The zero-order chi connectivity index (χ0) is 22.1. The van der Waals surface area contributed by atoms with Gasteiger partial charge in [-0.15, -0.1) is 0 Å². The van der Waals surface area contributed by atoms with Crippen molar-refractivity contribution in [1.82, 2.24) is 0 Å². The molecule has 5 aliphatic rings. The second-order valence-electron chi connectivity index (χ2n) is 12.1. The van der Waals surface area contributed by atoms with Crippen molar-refractivity contribution in [3.05, 3.63) is 23.5 Å². The Morgan fingerprint density at radius 2 is 1.87 bits per heavy atom. The zero-order valence-corrected chi connectivity index (χ0v) is 19.6. The van der Waals surface area contributed by atoms with Gasteiger partial charge in [0.15, 0.2) is 0 Å². The van der Waals surface area contributed by atoms with E-state index < -0.39 is 0 Å². The molecule has 0 bridgehead atoms. The van der Waals surface area contributed by atoms with Gasteiger partial charge >= 0.3 is 0 Å². The molecule has 4 heteroatoms. The van der Waals surface area contributed by atoms with Crippen LogP contribution in [-0.4, -0.2) is 40.2 Å². The Bertz CT molecular complexity index is 773. The second kappa shape index (κ2) is 7.60. The topological polar surface area (TPSA) is 69.9 Å². The summed E-state index contributed by atoms with van der Waals surface area (Å²) in [4.78, 5) is 0. The fourth-order valence-electron chi connectivity index (χ4n) is 9.13. The van der Waals surface area contributed by atoms with Crippen LogP contribution in [0.3, 0.4) is 0 Å². The molecule has 0 amide bonds. The van der Waals surface area contributed by atoms with Gasteiger partial charge in [0.2, 0.25) is 0 Å². The highest BCUT2D eigenvalue weighted by molar-refractivity contribution is 5.28. The molecular weight excluding hydrogens is 388 g/mol. The Hall–Kier alpha value is -0.840. The highest BCUT2D eigenvalue weighted by Crippen LogP contribution is 2.69. The molecule has 174 valence electrons. The van der Waals surface area contributed by atoms with E-state index in [4.69, 9.17) is 4.74 Å². The van der Waals surface area contributed by atoms with Gasteiger partial charge in [-0.3, -0.25) is 0 Å². The molecule has 0 aromatic carbocycles. The third-order valence-electron chi connectivity index (χ3n) is 10.9. The molecule has 1 aliphatic heterocycles. The minimum Gasteiger partial charge on any atom is -0.494 e. The van der Waals surface area contributed by atoms with Crippen LogP contribution in [0.1, 0.15) is 78.6 Å². The molecule has 3 N–H and O–H groups in total. The number of hydrogen-bond acceptors (Lipinski definition) is 4. The van der Waals surface area contributed by atoms with Gasteiger partial charge in [-0.25, -0.2) is 0 Å². The number of fused-ring (bicyclic) bond motifs is 7. The molecule has 0 aromatic heterocycles. The first-order valence-corrected chi connectivity index (χ1v) is 12.7. The van der Waals surface area contributed by atoms with E-state index in [2.05, 4.69) is 27.4 Å². The smallest absolute Gasteiger partial charge is 0.106 e. The molecule has 31 heavy (non-hydrogen) atoms. The van der Waals surface area contributed by atoms with Gasteiger partial charge in [-0.1, -0.05) is 26.0 Å². The number of allylic oxidation sites excluding steroid dienone is 1. The summed E-state index contributed by atoms with van der Waals surface area (Å²) >= 11 is 0. The van der Waals surface area contributed by atoms with Gasteiger partial charge in [0.05, 0.1) is 24.6 Å². The molecule has 4 aliphatic carbocycles. The summed E-state index contributed by atoms with van der Waals surface area (Å²) in [5.41, 5.74) is 2.35. The lowest BCUT2D eigenvalue weighted by Gasteiger charge is -2.62. The Labute approximate surface area is 187 Å². The van der Waals surface area contributed by atoms with E-state index in [-0.39, 0.29) is 35.7 Å². The minimum absolute atomic E-state index is 0.0392. The first-order valence-electron chi connectivity index (χ1n) is 12.7. The van der Waals surface area contributed by atoms with Crippen molar-refractivity contribution >= 4 is 0 Å². The molecule has 4 fully saturated rings. The van der Waals surface area contributed by atoms with Gasteiger partial charge in [0, 0.05) is 17.8 Å². The highest BCUT2D eigenvalue weighted by Gasteiger charge is 2.67. The molecule has 0 aromatic rings. The maximum absolute atomic E-state index is 11.7. The van der Waals surface area contributed by atoms with Crippen LogP contribution in [0.4, 0.5) is 0 Å². The van der Waals surface area contributed by atoms with Crippen LogP contribution in [-0.2, 0) is 4.74 Å².